The Morgan fingerprint density at radius 2 is 2.00 bits per heavy atom. The monoisotopic (exact) mass is 355 g/mol. The maximum absolute atomic E-state index is 5.85. The van der Waals surface area contributed by atoms with Crippen molar-refractivity contribution in [3.8, 4) is 0 Å². The highest BCUT2D eigenvalue weighted by Gasteiger charge is 2.22. The van der Waals surface area contributed by atoms with Crippen LogP contribution in [0.25, 0.3) is 0 Å². The third-order valence-electron chi connectivity index (χ3n) is 4.09. The van der Waals surface area contributed by atoms with Gasteiger partial charge in [-0.15, -0.1) is 0 Å². The Hall–Kier alpha value is -0.650. The van der Waals surface area contributed by atoms with Gasteiger partial charge in [0.1, 0.15) is 4.99 Å². The van der Waals surface area contributed by atoms with Gasteiger partial charge >= 0.3 is 0 Å². The second-order valence-electron chi connectivity index (χ2n) is 5.31. The van der Waals surface area contributed by atoms with Crippen molar-refractivity contribution in [2.24, 2.45) is 5.73 Å². The number of hydrogen-bond acceptors (Lipinski definition) is 3. The lowest BCUT2D eigenvalue weighted by atomic mass is 10.1. The van der Waals surface area contributed by atoms with Gasteiger partial charge in [0, 0.05) is 47.9 Å². The van der Waals surface area contributed by atoms with Gasteiger partial charge < -0.3 is 10.6 Å². The van der Waals surface area contributed by atoms with Crippen LogP contribution in [-0.2, 0) is 0 Å². The minimum atomic E-state index is 0.469. The number of nitrogens with zero attached hydrogens (tertiary/aromatic N) is 2. The van der Waals surface area contributed by atoms with Gasteiger partial charge in [0.05, 0.1) is 0 Å². The van der Waals surface area contributed by atoms with E-state index in [1.54, 1.807) is 0 Å². The highest BCUT2D eigenvalue weighted by molar-refractivity contribution is 9.10. The van der Waals surface area contributed by atoms with Crippen molar-refractivity contribution < 1.29 is 0 Å². The molecule has 1 fully saturated rings. The summed E-state index contributed by atoms with van der Waals surface area (Å²) in [4.78, 5) is 5.41. The van der Waals surface area contributed by atoms with E-state index >= 15 is 0 Å². The van der Waals surface area contributed by atoms with Crippen LogP contribution in [-0.4, -0.2) is 42.1 Å². The number of rotatable bonds is 4. The average Bonchev–Trinajstić information content (AvgIpc) is 2.46. The SMILES string of the molecule is CCC(C)N1CCN(c2cc(Br)ccc2C(N)=S)CC1. The van der Waals surface area contributed by atoms with E-state index in [-0.39, 0.29) is 0 Å². The molecule has 0 aromatic heterocycles. The van der Waals surface area contributed by atoms with Crippen molar-refractivity contribution in [1.82, 2.24) is 4.90 Å². The lowest BCUT2D eigenvalue weighted by Gasteiger charge is -2.39. The van der Waals surface area contributed by atoms with E-state index in [1.807, 2.05) is 12.1 Å². The third kappa shape index (κ3) is 3.51. The molecule has 0 saturated carbocycles. The first kappa shape index (κ1) is 15.7. The highest BCUT2D eigenvalue weighted by atomic mass is 79.9. The first-order valence-electron chi connectivity index (χ1n) is 7.11. The number of piperazine rings is 1. The Labute approximate surface area is 135 Å². The van der Waals surface area contributed by atoms with Crippen LogP contribution in [0, 0.1) is 0 Å². The van der Waals surface area contributed by atoms with Crippen molar-refractivity contribution in [2.75, 3.05) is 31.1 Å². The van der Waals surface area contributed by atoms with Crippen molar-refractivity contribution >= 4 is 38.8 Å². The predicted octanol–water partition coefficient (Wildman–Crippen LogP) is 3.00. The van der Waals surface area contributed by atoms with Crippen LogP contribution >= 0.6 is 28.1 Å². The molecule has 0 bridgehead atoms. The van der Waals surface area contributed by atoms with Gasteiger partial charge in [0.2, 0.25) is 0 Å². The molecule has 5 heteroatoms. The Bertz CT molecular complexity index is 484. The van der Waals surface area contributed by atoms with E-state index in [2.05, 4.69) is 45.6 Å². The molecule has 1 unspecified atom stereocenters. The molecule has 110 valence electrons. The summed E-state index contributed by atoms with van der Waals surface area (Å²) in [5, 5.41) is 0. The molecular formula is C15H22BrN3S. The molecule has 0 radical (unpaired) electrons. The number of halogens is 1. The van der Waals surface area contributed by atoms with Crippen LogP contribution in [0.3, 0.4) is 0 Å². The Kier molecular flexibility index (Phi) is 5.41. The zero-order valence-corrected chi connectivity index (χ0v) is 14.5. The van der Waals surface area contributed by atoms with E-state index in [0.29, 0.717) is 11.0 Å². The molecule has 0 spiro atoms. The lowest BCUT2D eigenvalue weighted by Crippen LogP contribution is -2.49. The topological polar surface area (TPSA) is 32.5 Å². The third-order valence-corrected chi connectivity index (χ3v) is 4.81. The summed E-state index contributed by atoms with van der Waals surface area (Å²) in [5.41, 5.74) is 7.97. The maximum atomic E-state index is 5.85. The molecule has 1 aromatic rings. The average molecular weight is 356 g/mol. The zero-order valence-electron chi connectivity index (χ0n) is 12.1. The van der Waals surface area contributed by atoms with Crippen LogP contribution in [0.1, 0.15) is 25.8 Å². The summed E-state index contributed by atoms with van der Waals surface area (Å²) >= 11 is 8.71. The molecule has 0 amide bonds. The van der Waals surface area contributed by atoms with Crippen molar-refractivity contribution in [2.45, 2.75) is 26.3 Å². The van der Waals surface area contributed by atoms with Crippen LogP contribution in [0.2, 0.25) is 0 Å². The second-order valence-corrected chi connectivity index (χ2v) is 6.66. The molecule has 20 heavy (non-hydrogen) atoms. The summed E-state index contributed by atoms with van der Waals surface area (Å²) < 4.78 is 1.07. The first-order valence-corrected chi connectivity index (χ1v) is 8.31. The molecule has 1 heterocycles. The summed E-state index contributed by atoms with van der Waals surface area (Å²) in [6.45, 7) is 8.79. The van der Waals surface area contributed by atoms with Gasteiger partial charge in [0.25, 0.3) is 0 Å². The Balaban J connectivity index is 2.14. The van der Waals surface area contributed by atoms with Gasteiger partial charge in [-0.1, -0.05) is 35.1 Å². The van der Waals surface area contributed by atoms with Crippen molar-refractivity contribution in [3.63, 3.8) is 0 Å². The minimum Gasteiger partial charge on any atom is -0.389 e. The number of benzene rings is 1. The van der Waals surface area contributed by atoms with Crippen LogP contribution in [0.15, 0.2) is 22.7 Å². The number of thiocarbonyl (C=S) groups is 1. The molecule has 1 saturated heterocycles. The van der Waals surface area contributed by atoms with E-state index in [1.165, 1.54) is 6.42 Å². The summed E-state index contributed by atoms with van der Waals surface area (Å²) in [6, 6.07) is 6.78. The standard InChI is InChI=1S/C15H22BrN3S/c1-3-11(2)18-6-8-19(9-7-18)14-10-12(16)4-5-13(14)15(17)20/h4-5,10-11H,3,6-9H2,1-2H3,(H2,17,20). The number of nitrogens with two attached hydrogens (primary N) is 1. The first-order chi connectivity index (χ1) is 9.52. The van der Waals surface area contributed by atoms with Crippen LogP contribution < -0.4 is 10.6 Å². The predicted molar refractivity (Wildman–Crippen MR) is 93.6 cm³/mol. The maximum Gasteiger partial charge on any atom is 0.106 e. The number of anilines is 1. The molecule has 1 aliphatic heterocycles. The summed E-state index contributed by atoms with van der Waals surface area (Å²) in [6.07, 6.45) is 1.20. The molecule has 0 aliphatic carbocycles. The minimum absolute atomic E-state index is 0.469. The fraction of sp³-hybridized carbons (Fsp3) is 0.533. The van der Waals surface area contributed by atoms with Gasteiger partial charge in [-0.25, -0.2) is 0 Å². The normalized spacial score (nSPS) is 18.1. The quantitative estimate of drug-likeness (QED) is 0.841. The summed E-state index contributed by atoms with van der Waals surface area (Å²) in [5.74, 6) is 0. The second kappa shape index (κ2) is 6.87. The van der Waals surface area contributed by atoms with Crippen LogP contribution in [0.4, 0.5) is 5.69 Å². The van der Waals surface area contributed by atoms with E-state index < -0.39 is 0 Å². The molecule has 1 aliphatic rings. The van der Waals surface area contributed by atoms with Gasteiger partial charge in [-0.3, -0.25) is 4.90 Å². The Morgan fingerprint density at radius 1 is 1.35 bits per heavy atom. The molecule has 2 N–H and O–H groups in total. The van der Waals surface area contributed by atoms with Gasteiger partial charge in [0.15, 0.2) is 0 Å². The molecule has 1 aromatic carbocycles. The summed E-state index contributed by atoms with van der Waals surface area (Å²) in [7, 11) is 0. The fourth-order valence-electron chi connectivity index (χ4n) is 2.64. The highest BCUT2D eigenvalue weighted by Crippen LogP contribution is 2.26. The largest absolute Gasteiger partial charge is 0.389 e. The molecular weight excluding hydrogens is 334 g/mol. The van der Waals surface area contributed by atoms with E-state index in [4.69, 9.17) is 18.0 Å². The van der Waals surface area contributed by atoms with Gasteiger partial charge in [-0.05, 0) is 31.5 Å². The molecule has 2 rings (SSSR count). The van der Waals surface area contributed by atoms with E-state index in [9.17, 15) is 0 Å². The number of hydrogen-bond donors (Lipinski definition) is 1. The fourth-order valence-corrected chi connectivity index (χ4v) is 3.16. The van der Waals surface area contributed by atoms with Crippen molar-refractivity contribution in [1.29, 1.82) is 0 Å². The van der Waals surface area contributed by atoms with Crippen LogP contribution in [0.5, 0.6) is 0 Å². The van der Waals surface area contributed by atoms with E-state index in [0.717, 1.165) is 41.9 Å². The van der Waals surface area contributed by atoms with Gasteiger partial charge in [-0.2, -0.15) is 0 Å². The molecule has 1 atom stereocenters. The Morgan fingerprint density at radius 3 is 2.55 bits per heavy atom. The van der Waals surface area contributed by atoms with Crippen molar-refractivity contribution in [3.05, 3.63) is 28.2 Å². The molecule has 3 nitrogen and oxygen atoms in total. The zero-order chi connectivity index (χ0) is 14.7. The smallest absolute Gasteiger partial charge is 0.106 e. The lowest BCUT2D eigenvalue weighted by molar-refractivity contribution is 0.193.